The molecule has 1 aliphatic carbocycles. The molecule has 0 saturated carbocycles. The van der Waals surface area contributed by atoms with Gasteiger partial charge in [0, 0.05) is 12.5 Å². The van der Waals surface area contributed by atoms with Gasteiger partial charge in [-0.15, -0.1) is 0 Å². The number of allylic oxidation sites excluding steroid dienone is 1. The topological polar surface area (TPSA) is 69.9 Å². The second-order valence-corrected chi connectivity index (χ2v) is 10.1. The van der Waals surface area contributed by atoms with Crippen molar-refractivity contribution in [2.24, 2.45) is 4.99 Å². The fourth-order valence-corrected chi connectivity index (χ4v) is 6.06. The number of esters is 1. The molecule has 0 bridgehead atoms. The number of aryl methyl sites for hydroxylation is 1. The van der Waals surface area contributed by atoms with E-state index in [1.807, 2.05) is 53.1 Å². The van der Waals surface area contributed by atoms with E-state index >= 15 is 0 Å². The molecule has 4 aromatic rings. The van der Waals surface area contributed by atoms with Crippen LogP contribution in [0.2, 0.25) is 0 Å². The first-order valence-electron chi connectivity index (χ1n) is 12.1. The number of benzene rings is 3. The third-order valence-electron chi connectivity index (χ3n) is 6.74. The van der Waals surface area contributed by atoms with Gasteiger partial charge in [-0.25, -0.2) is 4.99 Å². The van der Waals surface area contributed by atoms with Crippen molar-refractivity contribution in [1.29, 1.82) is 0 Å². The Morgan fingerprint density at radius 1 is 1.00 bits per heavy atom. The van der Waals surface area contributed by atoms with Gasteiger partial charge >= 0.3 is 5.97 Å². The predicted molar refractivity (Wildman–Crippen MR) is 143 cm³/mol. The molecule has 184 valence electrons. The zero-order valence-corrected chi connectivity index (χ0v) is 21.2. The maximum Gasteiger partial charge on any atom is 0.308 e. The minimum absolute atomic E-state index is 0.0703. The quantitative estimate of drug-likeness (QED) is 0.305. The first-order valence-corrected chi connectivity index (χ1v) is 12.9. The van der Waals surface area contributed by atoms with Crippen LogP contribution in [0.1, 0.15) is 41.6 Å². The molecule has 0 unspecified atom stereocenters. The standard InChI is InChI=1S/C30H24N2O4S/c1-18(33)36-23-12-7-19(8-13-23)17-26-29(34)32-28(21-9-14-22(35-2)15-10-21)25-16-11-20-5-3-4-6-24(20)27(25)31-30(32)37-26/h3-10,12-15,17,28H,11,16H2,1-2H3/b26-17-/t28-/m1/s1. The second-order valence-electron chi connectivity index (χ2n) is 9.05. The van der Waals surface area contributed by atoms with E-state index in [1.54, 1.807) is 19.2 Å². The monoisotopic (exact) mass is 508 g/mol. The number of ether oxygens (including phenoxy) is 2. The predicted octanol–water partition coefficient (Wildman–Crippen LogP) is 4.25. The van der Waals surface area contributed by atoms with Crippen LogP contribution in [0.3, 0.4) is 0 Å². The number of hydrogen-bond donors (Lipinski definition) is 0. The Hall–Kier alpha value is -4.23. The van der Waals surface area contributed by atoms with Crippen LogP contribution in [0.25, 0.3) is 11.8 Å². The van der Waals surface area contributed by atoms with Gasteiger partial charge in [0.25, 0.3) is 5.56 Å². The first kappa shape index (κ1) is 23.2. The normalized spacial score (nSPS) is 16.4. The molecule has 1 aliphatic heterocycles. The fraction of sp³-hybridized carbons (Fsp3) is 0.167. The second kappa shape index (κ2) is 9.33. The molecule has 0 saturated heterocycles. The lowest BCUT2D eigenvalue weighted by molar-refractivity contribution is -0.131. The van der Waals surface area contributed by atoms with E-state index in [9.17, 15) is 9.59 Å². The smallest absolute Gasteiger partial charge is 0.308 e. The maximum atomic E-state index is 13.8. The van der Waals surface area contributed by atoms with Crippen molar-refractivity contribution < 1.29 is 14.3 Å². The molecule has 6 nitrogen and oxygen atoms in total. The van der Waals surface area contributed by atoms with Crippen LogP contribution in [-0.2, 0) is 11.2 Å². The number of aromatic nitrogens is 1. The van der Waals surface area contributed by atoms with Crippen molar-refractivity contribution in [3.05, 3.63) is 120 Å². The molecule has 2 heterocycles. The molecule has 0 N–H and O–H groups in total. The van der Waals surface area contributed by atoms with E-state index in [0.29, 0.717) is 15.1 Å². The van der Waals surface area contributed by atoms with Crippen LogP contribution in [0, 0.1) is 0 Å². The average Bonchev–Trinajstić information content (AvgIpc) is 3.22. The fourth-order valence-electron chi connectivity index (χ4n) is 5.06. The van der Waals surface area contributed by atoms with Crippen molar-refractivity contribution in [3.8, 4) is 11.5 Å². The number of methoxy groups -OCH3 is 1. The number of fused-ring (bicyclic) bond motifs is 3. The number of rotatable bonds is 4. The summed E-state index contributed by atoms with van der Waals surface area (Å²) >= 11 is 1.39. The largest absolute Gasteiger partial charge is 0.497 e. The van der Waals surface area contributed by atoms with Crippen LogP contribution in [0.15, 0.2) is 88.2 Å². The number of thiazole rings is 1. The highest BCUT2D eigenvalue weighted by Gasteiger charge is 2.32. The summed E-state index contributed by atoms with van der Waals surface area (Å²) in [5, 5.41) is 0. The van der Waals surface area contributed by atoms with Gasteiger partial charge in [-0.1, -0.05) is 59.9 Å². The Labute approximate surface area is 217 Å². The summed E-state index contributed by atoms with van der Waals surface area (Å²) in [6.45, 7) is 1.37. The maximum absolute atomic E-state index is 13.8. The van der Waals surface area contributed by atoms with Gasteiger partial charge in [0.15, 0.2) is 4.80 Å². The molecule has 1 atom stereocenters. The van der Waals surface area contributed by atoms with Crippen LogP contribution >= 0.6 is 11.3 Å². The van der Waals surface area contributed by atoms with Gasteiger partial charge in [0.2, 0.25) is 0 Å². The first-order chi connectivity index (χ1) is 18.0. The third-order valence-corrected chi connectivity index (χ3v) is 7.73. The minimum atomic E-state index is -0.370. The summed E-state index contributed by atoms with van der Waals surface area (Å²) in [5.41, 5.74) is 6.36. The summed E-state index contributed by atoms with van der Waals surface area (Å²) in [6, 6.07) is 23.2. The Bertz CT molecular complexity index is 1730. The van der Waals surface area contributed by atoms with Gasteiger partial charge in [-0.2, -0.15) is 0 Å². The van der Waals surface area contributed by atoms with Gasteiger partial charge in [-0.3, -0.25) is 14.2 Å². The number of carbonyl (C=O) groups excluding carboxylic acids is 1. The highest BCUT2D eigenvalue weighted by atomic mass is 32.1. The Kier molecular flexibility index (Phi) is 5.85. The SMILES string of the molecule is COc1ccc([C@@H]2C3=C(N=c4s/c(=C\c5ccc(OC(C)=O)cc5)c(=O)n42)c2ccccc2CC3)cc1. The van der Waals surface area contributed by atoms with Crippen molar-refractivity contribution >= 4 is 29.1 Å². The molecule has 0 radical (unpaired) electrons. The van der Waals surface area contributed by atoms with Crippen molar-refractivity contribution in [3.63, 3.8) is 0 Å². The van der Waals surface area contributed by atoms with Crippen LogP contribution in [0.4, 0.5) is 0 Å². The van der Waals surface area contributed by atoms with Crippen molar-refractivity contribution in [2.75, 3.05) is 7.11 Å². The van der Waals surface area contributed by atoms with Crippen molar-refractivity contribution in [2.45, 2.75) is 25.8 Å². The molecule has 7 heteroatoms. The molecule has 0 fully saturated rings. The summed E-state index contributed by atoms with van der Waals surface area (Å²) in [5.74, 6) is 0.874. The number of nitrogens with zero attached hydrogens (tertiary/aromatic N) is 2. The Morgan fingerprint density at radius 3 is 2.46 bits per heavy atom. The summed E-state index contributed by atoms with van der Waals surface area (Å²) in [6.07, 6.45) is 3.62. The number of carbonyl (C=O) groups is 1. The summed E-state index contributed by atoms with van der Waals surface area (Å²) in [7, 11) is 1.65. The average molecular weight is 509 g/mol. The van der Waals surface area contributed by atoms with Crippen LogP contribution in [0.5, 0.6) is 11.5 Å². The minimum Gasteiger partial charge on any atom is -0.497 e. The highest BCUT2D eigenvalue weighted by Crippen LogP contribution is 2.41. The molecular formula is C30H24N2O4S. The van der Waals surface area contributed by atoms with Gasteiger partial charge < -0.3 is 9.47 Å². The molecule has 37 heavy (non-hydrogen) atoms. The Balaban J connectivity index is 1.53. The molecular weight excluding hydrogens is 484 g/mol. The van der Waals surface area contributed by atoms with Crippen LogP contribution in [-0.4, -0.2) is 17.6 Å². The zero-order valence-electron chi connectivity index (χ0n) is 20.4. The lowest BCUT2D eigenvalue weighted by Crippen LogP contribution is -2.38. The lowest BCUT2D eigenvalue weighted by atomic mass is 9.83. The highest BCUT2D eigenvalue weighted by molar-refractivity contribution is 7.07. The molecule has 6 rings (SSSR count). The van der Waals surface area contributed by atoms with Gasteiger partial charge in [0.1, 0.15) is 11.5 Å². The van der Waals surface area contributed by atoms with E-state index in [4.69, 9.17) is 14.5 Å². The molecule has 1 aromatic heterocycles. The third kappa shape index (κ3) is 4.21. The van der Waals surface area contributed by atoms with Gasteiger partial charge in [0.05, 0.1) is 23.4 Å². The van der Waals surface area contributed by atoms with E-state index in [1.165, 1.54) is 23.8 Å². The number of hydrogen-bond acceptors (Lipinski definition) is 6. The molecule has 3 aromatic carbocycles. The van der Waals surface area contributed by atoms with E-state index in [2.05, 4.69) is 18.2 Å². The Morgan fingerprint density at radius 2 is 1.73 bits per heavy atom. The molecule has 2 aliphatic rings. The van der Waals surface area contributed by atoms with E-state index in [0.717, 1.165) is 46.6 Å². The van der Waals surface area contributed by atoms with E-state index < -0.39 is 0 Å². The lowest BCUT2D eigenvalue weighted by Gasteiger charge is -2.30. The van der Waals surface area contributed by atoms with Crippen molar-refractivity contribution in [1.82, 2.24) is 4.57 Å². The summed E-state index contributed by atoms with van der Waals surface area (Å²) < 4.78 is 12.9. The molecule has 0 spiro atoms. The van der Waals surface area contributed by atoms with E-state index in [-0.39, 0.29) is 17.6 Å². The van der Waals surface area contributed by atoms with Crippen LogP contribution < -0.4 is 24.4 Å². The zero-order chi connectivity index (χ0) is 25.5. The van der Waals surface area contributed by atoms with Gasteiger partial charge in [-0.05, 0) is 65.4 Å². The summed E-state index contributed by atoms with van der Waals surface area (Å²) in [4.78, 5) is 30.8. The molecule has 0 amide bonds.